The third kappa shape index (κ3) is 6.08. The van der Waals surface area contributed by atoms with Crippen molar-refractivity contribution in [3.8, 4) is 0 Å². The highest BCUT2D eigenvalue weighted by Gasteiger charge is 2.66. The lowest BCUT2D eigenvalue weighted by Crippen LogP contribution is -2.66. The number of fused-ring (bicyclic) bond motifs is 4. The van der Waals surface area contributed by atoms with Crippen LogP contribution < -0.4 is 11.5 Å². The molecule has 2 saturated heterocycles. The number of aromatic amines is 2. The molecule has 1 aliphatic carbocycles. The van der Waals surface area contributed by atoms with E-state index in [1.165, 1.54) is 64.5 Å². The van der Waals surface area contributed by atoms with Crippen molar-refractivity contribution in [1.29, 1.82) is 0 Å². The van der Waals surface area contributed by atoms with Gasteiger partial charge in [-0.05, 0) is 139 Å². The molecule has 4 aliphatic heterocycles. The highest BCUT2D eigenvalue weighted by atomic mass is 16.3. The lowest BCUT2D eigenvalue weighted by Gasteiger charge is -2.59. The van der Waals surface area contributed by atoms with E-state index >= 15 is 0 Å². The summed E-state index contributed by atoms with van der Waals surface area (Å²) >= 11 is 0. The van der Waals surface area contributed by atoms with Crippen LogP contribution in [0.3, 0.4) is 0 Å². The number of benzene rings is 2. The molecule has 2 aromatic heterocycles. The lowest BCUT2D eigenvalue weighted by molar-refractivity contribution is -0.0976. The van der Waals surface area contributed by atoms with Gasteiger partial charge in [0, 0.05) is 51.2 Å². The van der Waals surface area contributed by atoms with E-state index in [4.69, 9.17) is 11.5 Å². The number of piperidine rings is 1. The normalized spacial score (nSPS) is 32.0. The zero-order valence-electron chi connectivity index (χ0n) is 31.5. The fourth-order valence-corrected chi connectivity index (χ4v) is 11.9. The summed E-state index contributed by atoms with van der Waals surface area (Å²) in [6.07, 6.45) is 24.7. The number of nitrogens with one attached hydrogen (secondary N) is 2. The minimum absolute atomic E-state index is 0.0755. The van der Waals surface area contributed by atoms with Crippen LogP contribution in [0.4, 0.5) is 0 Å². The molecule has 6 atom stereocenters. The predicted octanol–water partition coefficient (Wildman–Crippen LogP) is 7.47. The minimum atomic E-state index is -0.979. The third-order valence-corrected chi connectivity index (χ3v) is 13.9. The Morgan fingerprint density at radius 1 is 0.774 bits per heavy atom. The van der Waals surface area contributed by atoms with Crippen LogP contribution >= 0.6 is 0 Å². The first kappa shape index (κ1) is 35.3. The average molecular weight is 713 g/mol. The molecule has 7 nitrogen and oxygen atoms in total. The van der Waals surface area contributed by atoms with Crippen LogP contribution in [-0.4, -0.2) is 81.8 Å². The van der Waals surface area contributed by atoms with Crippen LogP contribution in [-0.2, 0) is 12.8 Å². The number of para-hydroxylation sites is 2. The van der Waals surface area contributed by atoms with E-state index in [1.54, 1.807) is 0 Å². The van der Waals surface area contributed by atoms with E-state index in [9.17, 15) is 5.11 Å². The molecule has 0 amide bonds. The zero-order valence-corrected chi connectivity index (χ0v) is 31.5. The molecule has 53 heavy (non-hydrogen) atoms. The summed E-state index contributed by atoms with van der Waals surface area (Å²) in [5.41, 5.74) is 20.6. The molecule has 0 radical (unpaired) electrons. The third-order valence-electron chi connectivity index (χ3n) is 13.9. The summed E-state index contributed by atoms with van der Waals surface area (Å²) in [5, 5.41) is 16.2. The monoisotopic (exact) mass is 712 g/mol. The van der Waals surface area contributed by atoms with Crippen LogP contribution in [0.15, 0.2) is 84.5 Å². The zero-order chi connectivity index (χ0) is 36.0. The maximum atomic E-state index is 13.7. The molecule has 3 bridgehead atoms. The van der Waals surface area contributed by atoms with Gasteiger partial charge < -0.3 is 31.4 Å². The van der Waals surface area contributed by atoms with Gasteiger partial charge in [0.25, 0.3) is 0 Å². The van der Waals surface area contributed by atoms with Crippen molar-refractivity contribution in [2.45, 2.75) is 101 Å². The number of hydrogen-bond acceptors (Lipinski definition) is 5. The van der Waals surface area contributed by atoms with Gasteiger partial charge in [-0.1, -0.05) is 72.4 Å². The lowest BCUT2D eigenvalue weighted by atomic mass is 9.53. The number of allylic oxidation sites excluding steroid dienone is 4. The van der Waals surface area contributed by atoms with Crippen molar-refractivity contribution in [2.24, 2.45) is 22.8 Å². The minimum Gasteiger partial charge on any atom is -0.384 e. The smallest absolute Gasteiger partial charge is 0.0994 e. The van der Waals surface area contributed by atoms with Crippen LogP contribution in [0.5, 0.6) is 0 Å². The van der Waals surface area contributed by atoms with Gasteiger partial charge in [-0.25, -0.2) is 0 Å². The number of aromatic nitrogens is 2. The number of nitrogens with two attached hydrogens (primary N) is 2. The van der Waals surface area contributed by atoms with Gasteiger partial charge in [0.2, 0.25) is 0 Å². The Bertz CT molecular complexity index is 1940. The molecule has 4 aromatic rings. The molecule has 280 valence electrons. The molecule has 6 heterocycles. The second-order valence-electron chi connectivity index (χ2n) is 17.0. The molecule has 1 unspecified atom stereocenters. The molecule has 1 spiro atoms. The molecule has 7 heteroatoms. The van der Waals surface area contributed by atoms with Crippen LogP contribution in [0.1, 0.15) is 92.6 Å². The molecular weight excluding hydrogens is 653 g/mol. The Labute approximate surface area is 315 Å². The molecule has 0 saturated carbocycles. The van der Waals surface area contributed by atoms with Crippen molar-refractivity contribution in [3.05, 3.63) is 107 Å². The van der Waals surface area contributed by atoms with E-state index in [0.717, 1.165) is 88.6 Å². The molecule has 2 aromatic carbocycles. The van der Waals surface area contributed by atoms with Gasteiger partial charge in [-0.3, -0.25) is 4.90 Å². The first-order valence-corrected chi connectivity index (χ1v) is 20.9. The number of H-pyrrole nitrogens is 2. The predicted molar refractivity (Wildman–Crippen MR) is 218 cm³/mol. The van der Waals surface area contributed by atoms with Crippen molar-refractivity contribution in [1.82, 2.24) is 19.8 Å². The first-order valence-electron chi connectivity index (χ1n) is 20.9. The maximum absolute atomic E-state index is 13.7. The molecule has 7 N–H and O–H groups in total. The van der Waals surface area contributed by atoms with Gasteiger partial charge in [-0.15, -0.1) is 0 Å². The Morgan fingerprint density at radius 3 is 2.11 bits per heavy atom. The van der Waals surface area contributed by atoms with Gasteiger partial charge in [-0.2, -0.15) is 0 Å². The van der Waals surface area contributed by atoms with Gasteiger partial charge in [0.1, 0.15) is 0 Å². The summed E-state index contributed by atoms with van der Waals surface area (Å²) in [7, 11) is 0. The maximum Gasteiger partial charge on any atom is 0.0994 e. The van der Waals surface area contributed by atoms with Crippen LogP contribution in [0.25, 0.3) is 21.8 Å². The Balaban J connectivity index is 1.33. The van der Waals surface area contributed by atoms with Gasteiger partial charge >= 0.3 is 0 Å². The number of aliphatic hydroxyl groups is 1. The second kappa shape index (κ2) is 14.6. The Hall–Kier alpha value is -3.46. The largest absolute Gasteiger partial charge is 0.384 e. The standard InChI is InChI=1S/C46H60N6O/c47-24-20-35-33-16-8-10-18-39(33)49-42(35)41(43-36(21-25-48)34-17-9-11-19-40(34)50-43)37-30-46(53)23-12-4-1-2-5-13-26-51-28-22-38(37)45(31-51)29-32-15-7-3-6-14-27-52(32)44(45)46/h1,4,7-11,15-19,30,32,38,41,44,49-50,53H,2-3,5-6,12-14,20-29,31,47-48H2/b4-1-,15-7-/t32-,38-,44+,45-,46-/m0/s1. The van der Waals surface area contributed by atoms with Crippen molar-refractivity contribution < 1.29 is 5.11 Å². The van der Waals surface area contributed by atoms with Crippen molar-refractivity contribution in [3.63, 3.8) is 0 Å². The SMILES string of the molecule is NCCc1c(C(C2=C[C@@]3(O)CC/C=C\CCCCN4CC[C@@H]2[C@]2(C[C@@H]5/C=C\CCCCN5[C@H]23)C4)c2[nH]c3ccccc3c2CCN)[nH]c2ccccc12. The van der Waals surface area contributed by atoms with Crippen LogP contribution in [0.2, 0.25) is 0 Å². The van der Waals surface area contributed by atoms with Crippen molar-refractivity contribution in [2.75, 3.05) is 39.3 Å². The van der Waals surface area contributed by atoms with E-state index in [1.807, 2.05) is 0 Å². The Morgan fingerprint density at radius 2 is 1.42 bits per heavy atom. The van der Waals surface area contributed by atoms with Crippen LogP contribution in [0, 0.1) is 11.3 Å². The van der Waals surface area contributed by atoms with E-state index in [2.05, 4.69) is 98.7 Å². The highest BCUT2D eigenvalue weighted by molar-refractivity contribution is 5.88. The summed E-state index contributed by atoms with van der Waals surface area (Å²) in [6, 6.07) is 17.9. The average Bonchev–Trinajstić information content (AvgIpc) is 3.79. The fourth-order valence-electron chi connectivity index (χ4n) is 11.9. The van der Waals surface area contributed by atoms with Crippen molar-refractivity contribution >= 4 is 21.8 Å². The fraction of sp³-hybridized carbons (Fsp3) is 0.522. The Kier molecular flexibility index (Phi) is 9.74. The molecule has 5 aliphatic rings. The number of hydrogen-bond donors (Lipinski definition) is 5. The molecular formula is C46H60N6O. The molecule has 2 fully saturated rings. The topological polar surface area (TPSA) is 110 Å². The summed E-state index contributed by atoms with van der Waals surface area (Å²) in [5.74, 6) is 0.231. The van der Waals surface area contributed by atoms with E-state index < -0.39 is 5.60 Å². The van der Waals surface area contributed by atoms with Gasteiger partial charge in [0.15, 0.2) is 0 Å². The summed E-state index contributed by atoms with van der Waals surface area (Å²) in [6.45, 7) is 5.50. The van der Waals surface area contributed by atoms with E-state index in [0.29, 0.717) is 25.0 Å². The highest BCUT2D eigenvalue weighted by Crippen LogP contribution is 2.62. The molecule has 9 rings (SSSR count). The van der Waals surface area contributed by atoms with E-state index in [-0.39, 0.29) is 17.4 Å². The van der Waals surface area contributed by atoms with Gasteiger partial charge in [0.05, 0.1) is 17.6 Å². The number of nitrogens with zero attached hydrogens (tertiary/aromatic N) is 2. The first-order chi connectivity index (χ1) is 26.0. The number of rotatable bonds is 7. The summed E-state index contributed by atoms with van der Waals surface area (Å²) < 4.78 is 0. The summed E-state index contributed by atoms with van der Waals surface area (Å²) in [4.78, 5) is 13.6. The quantitative estimate of drug-likeness (QED) is 0.128. The second-order valence-corrected chi connectivity index (χ2v) is 17.0.